The zero-order valence-electron chi connectivity index (χ0n) is 15.3. The Morgan fingerprint density at radius 2 is 2.00 bits per heavy atom. The Bertz CT molecular complexity index is 893. The van der Waals surface area contributed by atoms with Gasteiger partial charge in [-0.1, -0.05) is 42.1 Å². The highest BCUT2D eigenvalue weighted by Gasteiger charge is 2.30. The van der Waals surface area contributed by atoms with Gasteiger partial charge in [0.2, 0.25) is 5.16 Å². The Balaban J connectivity index is 1.37. The van der Waals surface area contributed by atoms with Gasteiger partial charge in [0.25, 0.3) is 0 Å². The van der Waals surface area contributed by atoms with E-state index in [0.717, 1.165) is 22.8 Å². The smallest absolute Gasteiger partial charge is 0.209 e. The third-order valence-corrected chi connectivity index (χ3v) is 5.38. The summed E-state index contributed by atoms with van der Waals surface area (Å²) in [5.41, 5.74) is 2.17. The number of rotatable bonds is 8. The highest BCUT2D eigenvalue weighted by atomic mass is 32.2. The van der Waals surface area contributed by atoms with E-state index >= 15 is 0 Å². The van der Waals surface area contributed by atoms with Crippen LogP contribution in [0, 0.1) is 6.92 Å². The maximum Gasteiger partial charge on any atom is 0.209 e. The molecule has 4 rings (SSSR count). The molecule has 1 aliphatic rings. The van der Waals surface area contributed by atoms with Crippen LogP contribution in [-0.2, 0) is 0 Å². The van der Waals surface area contributed by atoms with Gasteiger partial charge in [-0.05, 0) is 49.6 Å². The monoisotopic (exact) mass is 381 g/mol. The van der Waals surface area contributed by atoms with Crippen molar-refractivity contribution in [3.05, 3.63) is 66.0 Å². The molecule has 0 bridgehead atoms. The molecule has 1 N–H and O–H groups in total. The molecule has 1 atom stereocenters. The van der Waals surface area contributed by atoms with Crippen LogP contribution in [0.3, 0.4) is 0 Å². The quantitative estimate of drug-likeness (QED) is 0.598. The molecule has 1 unspecified atom stereocenters. The second kappa shape index (κ2) is 8.15. The molecule has 140 valence electrons. The van der Waals surface area contributed by atoms with Gasteiger partial charge in [-0.2, -0.15) is 0 Å². The molecule has 6 heteroatoms. The molecule has 0 amide bonds. The van der Waals surface area contributed by atoms with Crippen molar-refractivity contribution in [2.24, 2.45) is 0 Å². The lowest BCUT2D eigenvalue weighted by atomic mass is 10.2. The van der Waals surface area contributed by atoms with Crippen molar-refractivity contribution in [1.82, 2.24) is 14.8 Å². The number of aliphatic hydroxyl groups excluding tert-OH is 1. The van der Waals surface area contributed by atoms with Crippen LogP contribution in [-0.4, -0.2) is 38.3 Å². The highest BCUT2D eigenvalue weighted by Crippen LogP contribution is 2.40. The molecule has 27 heavy (non-hydrogen) atoms. The summed E-state index contributed by atoms with van der Waals surface area (Å²) < 4.78 is 7.61. The summed E-state index contributed by atoms with van der Waals surface area (Å²) in [5, 5.41) is 15.6. The Morgan fingerprint density at radius 1 is 1.19 bits per heavy atom. The lowest BCUT2D eigenvalue weighted by Crippen LogP contribution is -2.20. The van der Waals surface area contributed by atoms with Gasteiger partial charge < -0.3 is 9.84 Å². The summed E-state index contributed by atoms with van der Waals surface area (Å²) in [6.07, 6.45) is 1.76. The Kier molecular flexibility index (Phi) is 5.45. The number of hydrogen-bond acceptors (Lipinski definition) is 5. The molecule has 3 aromatic rings. The van der Waals surface area contributed by atoms with E-state index in [2.05, 4.69) is 5.10 Å². The third kappa shape index (κ3) is 4.70. The van der Waals surface area contributed by atoms with E-state index in [1.807, 2.05) is 66.2 Å². The minimum absolute atomic E-state index is 0.255. The van der Waals surface area contributed by atoms with Gasteiger partial charge in [-0.15, -0.1) is 5.10 Å². The van der Waals surface area contributed by atoms with Crippen LogP contribution in [0.2, 0.25) is 0 Å². The first-order chi connectivity index (χ1) is 13.2. The van der Waals surface area contributed by atoms with Gasteiger partial charge in [0.1, 0.15) is 18.2 Å². The molecule has 1 saturated carbocycles. The number of hydrogen-bond donors (Lipinski definition) is 1. The van der Waals surface area contributed by atoms with Gasteiger partial charge in [0.15, 0.2) is 0 Å². The molecule has 0 spiro atoms. The molecule has 5 nitrogen and oxygen atoms in total. The summed E-state index contributed by atoms with van der Waals surface area (Å²) in [6.45, 7) is 2.27. The third-order valence-electron chi connectivity index (χ3n) is 4.39. The fourth-order valence-electron chi connectivity index (χ4n) is 2.85. The van der Waals surface area contributed by atoms with E-state index < -0.39 is 6.10 Å². The number of nitrogens with zero attached hydrogens (tertiary/aromatic N) is 3. The van der Waals surface area contributed by atoms with E-state index in [9.17, 15) is 5.11 Å². The number of para-hydroxylation sites is 1. The zero-order valence-corrected chi connectivity index (χ0v) is 16.1. The van der Waals surface area contributed by atoms with E-state index in [0.29, 0.717) is 16.8 Å². The molecule has 1 aromatic heterocycles. The second-order valence-electron chi connectivity index (χ2n) is 6.87. The van der Waals surface area contributed by atoms with E-state index in [-0.39, 0.29) is 6.61 Å². The SMILES string of the molecule is Cc1cccc(OCC(O)CSc2nc(C3CC3)n(-c3ccccc3)n2)c1. The number of thioether (sulfide) groups is 1. The summed E-state index contributed by atoms with van der Waals surface area (Å²) >= 11 is 1.47. The predicted molar refractivity (Wildman–Crippen MR) is 107 cm³/mol. The van der Waals surface area contributed by atoms with Crippen LogP contribution in [0.4, 0.5) is 0 Å². The van der Waals surface area contributed by atoms with Crippen molar-refractivity contribution in [2.75, 3.05) is 12.4 Å². The molecule has 1 heterocycles. The van der Waals surface area contributed by atoms with E-state index in [1.54, 1.807) is 0 Å². The number of aromatic nitrogens is 3. The average Bonchev–Trinajstić information content (AvgIpc) is 3.45. The average molecular weight is 382 g/mol. The van der Waals surface area contributed by atoms with Gasteiger partial charge in [0.05, 0.1) is 11.8 Å². The van der Waals surface area contributed by atoms with Crippen molar-refractivity contribution in [2.45, 2.75) is 36.9 Å². The van der Waals surface area contributed by atoms with Crippen molar-refractivity contribution in [3.8, 4) is 11.4 Å². The lowest BCUT2D eigenvalue weighted by Gasteiger charge is -2.11. The minimum atomic E-state index is -0.580. The number of aryl methyl sites for hydroxylation is 1. The minimum Gasteiger partial charge on any atom is -0.491 e. The Hall–Kier alpha value is -2.31. The van der Waals surface area contributed by atoms with Crippen LogP contribution in [0.5, 0.6) is 5.75 Å². The largest absolute Gasteiger partial charge is 0.491 e. The number of benzene rings is 2. The summed E-state index contributed by atoms with van der Waals surface area (Å²) in [5.74, 6) is 2.80. The summed E-state index contributed by atoms with van der Waals surface area (Å²) in [7, 11) is 0. The molecule has 2 aromatic carbocycles. The molecule has 0 aliphatic heterocycles. The van der Waals surface area contributed by atoms with E-state index in [4.69, 9.17) is 9.72 Å². The van der Waals surface area contributed by atoms with Crippen LogP contribution in [0.25, 0.3) is 5.69 Å². The maximum absolute atomic E-state index is 10.2. The fraction of sp³-hybridized carbons (Fsp3) is 0.333. The van der Waals surface area contributed by atoms with Crippen LogP contribution < -0.4 is 4.74 Å². The fourth-order valence-corrected chi connectivity index (χ4v) is 3.58. The molecule has 1 aliphatic carbocycles. The lowest BCUT2D eigenvalue weighted by molar-refractivity contribution is 0.126. The second-order valence-corrected chi connectivity index (χ2v) is 7.85. The van der Waals surface area contributed by atoms with Crippen molar-refractivity contribution < 1.29 is 9.84 Å². The Morgan fingerprint density at radius 3 is 2.74 bits per heavy atom. The zero-order chi connectivity index (χ0) is 18.6. The Labute approximate surface area is 163 Å². The van der Waals surface area contributed by atoms with Crippen LogP contribution in [0.1, 0.15) is 30.1 Å². The van der Waals surface area contributed by atoms with Gasteiger partial charge in [-0.25, -0.2) is 9.67 Å². The molecule has 1 fully saturated rings. The van der Waals surface area contributed by atoms with E-state index in [1.165, 1.54) is 24.6 Å². The normalized spacial score (nSPS) is 14.9. The molecular formula is C21H23N3O2S. The van der Waals surface area contributed by atoms with Crippen molar-refractivity contribution >= 4 is 11.8 Å². The topological polar surface area (TPSA) is 60.2 Å². The molecular weight excluding hydrogens is 358 g/mol. The summed E-state index contributed by atoms with van der Waals surface area (Å²) in [4.78, 5) is 4.71. The first-order valence-corrected chi connectivity index (χ1v) is 10.2. The maximum atomic E-state index is 10.2. The molecule has 0 saturated heterocycles. The highest BCUT2D eigenvalue weighted by molar-refractivity contribution is 7.99. The first kappa shape index (κ1) is 18.1. The molecule has 0 radical (unpaired) electrons. The predicted octanol–water partition coefficient (Wildman–Crippen LogP) is 3.99. The van der Waals surface area contributed by atoms with Gasteiger partial charge in [0, 0.05) is 11.7 Å². The van der Waals surface area contributed by atoms with Gasteiger partial charge in [-0.3, -0.25) is 0 Å². The van der Waals surface area contributed by atoms with Crippen LogP contribution in [0.15, 0.2) is 59.8 Å². The van der Waals surface area contributed by atoms with Gasteiger partial charge >= 0.3 is 0 Å². The summed E-state index contributed by atoms with van der Waals surface area (Å²) in [6, 6.07) is 17.9. The van der Waals surface area contributed by atoms with Crippen LogP contribution >= 0.6 is 11.8 Å². The number of aliphatic hydroxyl groups is 1. The standard InChI is InChI=1S/C21H23N3O2S/c1-15-6-5-9-19(12-15)26-13-18(25)14-27-21-22-20(16-10-11-16)24(23-21)17-7-3-2-4-8-17/h2-9,12,16,18,25H,10-11,13-14H2,1H3. The van der Waals surface area contributed by atoms with Crippen molar-refractivity contribution in [1.29, 1.82) is 0 Å². The number of ether oxygens (including phenoxy) is 1. The first-order valence-electron chi connectivity index (χ1n) is 9.22. The van der Waals surface area contributed by atoms with Crippen molar-refractivity contribution in [3.63, 3.8) is 0 Å².